The predicted molar refractivity (Wildman–Crippen MR) is 53.3 cm³/mol. The molecule has 0 aromatic rings. The van der Waals surface area contributed by atoms with E-state index in [1.54, 1.807) is 0 Å². The van der Waals surface area contributed by atoms with Gasteiger partial charge in [0, 0.05) is 6.54 Å². The molecule has 0 saturated carbocycles. The van der Waals surface area contributed by atoms with Gasteiger partial charge in [-0.1, -0.05) is 0 Å². The maximum atomic E-state index is 11.4. The molecule has 0 bridgehead atoms. The maximum Gasteiger partial charge on any atom is 0.323 e. The van der Waals surface area contributed by atoms with Crippen LogP contribution in [0.5, 0.6) is 0 Å². The molecule has 1 aliphatic rings. The van der Waals surface area contributed by atoms with Crippen LogP contribution in [0.1, 0.15) is 19.3 Å². The first-order valence-electron chi connectivity index (χ1n) is 4.37. The van der Waals surface area contributed by atoms with E-state index in [1.165, 1.54) is 4.90 Å². The molecule has 5 nitrogen and oxygen atoms in total. The van der Waals surface area contributed by atoms with Crippen molar-refractivity contribution in [3.63, 3.8) is 0 Å². The lowest BCUT2D eigenvalue weighted by Gasteiger charge is -2.20. The van der Waals surface area contributed by atoms with Crippen LogP contribution in [0, 0.1) is 0 Å². The molecule has 1 aliphatic heterocycles. The van der Waals surface area contributed by atoms with Gasteiger partial charge in [0.05, 0.1) is 6.04 Å². The van der Waals surface area contributed by atoms with Crippen LogP contribution in [0.25, 0.3) is 0 Å². The highest BCUT2D eigenvalue weighted by molar-refractivity contribution is 5.85. The van der Waals surface area contributed by atoms with Crippen molar-refractivity contribution in [2.75, 3.05) is 13.1 Å². The highest BCUT2D eigenvalue weighted by atomic mass is 35.5. The lowest BCUT2D eigenvalue weighted by Crippen LogP contribution is -2.44. The second-order valence-electron chi connectivity index (χ2n) is 3.26. The van der Waals surface area contributed by atoms with Crippen LogP contribution in [-0.4, -0.2) is 41.0 Å². The van der Waals surface area contributed by atoms with Crippen LogP contribution < -0.4 is 5.73 Å². The molecule has 1 rings (SSSR count). The number of amides is 1. The van der Waals surface area contributed by atoms with Gasteiger partial charge in [-0.2, -0.15) is 0 Å². The predicted octanol–water partition coefficient (Wildman–Crippen LogP) is -0.167. The number of nitrogens with zero attached hydrogens (tertiary/aromatic N) is 1. The van der Waals surface area contributed by atoms with E-state index in [2.05, 4.69) is 0 Å². The summed E-state index contributed by atoms with van der Waals surface area (Å²) in [6.45, 7) is 0.283. The molecule has 1 unspecified atom stereocenters. The third-order valence-electron chi connectivity index (χ3n) is 2.15. The van der Waals surface area contributed by atoms with E-state index >= 15 is 0 Å². The first kappa shape index (κ1) is 13.2. The van der Waals surface area contributed by atoms with Gasteiger partial charge in [-0.3, -0.25) is 9.59 Å². The van der Waals surface area contributed by atoms with Crippen molar-refractivity contribution in [2.24, 2.45) is 5.73 Å². The Kier molecular flexibility index (Phi) is 5.49. The van der Waals surface area contributed by atoms with Crippen molar-refractivity contribution in [1.29, 1.82) is 0 Å². The van der Waals surface area contributed by atoms with Gasteiger partial charge in [0.15, 0.2) is 0 Å². The number of likely N-dealkylation sites (tertiary alicyclic amines) is 1. The number of carboxylic acid groups (broad SMARTS) is 1. The van der Waals surface area contributed by atoms with Crippen LogP contribution in [0.2, 0.25) is 0 Å². The molecule has 0 radical (unpaired) electrons. The summed E-state index contributed by atoms with van der Waals surface area (Å²) in [4.78, 5) is 23.1. The Morgan fingerprint density at radius 1 is 1.57 bits per heavy atom. The van der Waals surface area contributed by atoms with Crippen molar-refractivity contribution < 1.29 is 14.7 Å². The fraction of sp³-hybridized carbons (Fsp3) is 0.750. The molecule has 82 valence electrons. The smallest absolute Gasteiger partial charge is 0.323 e. The first-order chi connectivity index (χ1) is 6.11. The van der Waals surface area contributed by atoms with Crippen LogP contribution >= 0.6 is 12.4 Å². The zero-order valence-corrected chi connectivity index (χ0v) is 8.63. The fourth-order valence-corrected chi connectivity index (χ4v) is 1.46. The number of carbonyl (C=O) groups excluding carboxylic acids is 1. The van der Waals surface area contributed by atoms with Crippen molar-refractivity contribution in [3.8, 4) is 0 Å². The Morgan fingerprint density at radius 3 is 2.79 bits per heavy atom. The van der Waals surface area contributed by atoms with E-state index in [0.29, 0.717) is 13.0 Å². The number of rotatable bonds is 2. The first-order valence-corrected chi connectivity index (χ1v) is 4.37. The summed E-state index contributed by atoms with van der Waals surface area (Å²) < 4.78 is 0. The van der Waals surface area contributed by atoms with Crippen molar-refractivity contribution in [2.45, 2.75) is 25.3 Å². The maximum absolute atomic E-state index is 11.4. The van der Waals surface area contributed by atoms with Gasteiger partial charge in [0.1, 0.15) is 6.54 Å². The van der Waals surface area contributed by atoms with E-state index in [0.717, 1.165) is 12.8 Å². The SMILES string of the molecule is Cl.NC1CCCCN(CC(=O)O)C1=O. The summed E-state index contributed by atoms with van der Waals surface area (Å²) in [5.41, 5.74) is 5.56. The standard InChI is InChI=1S/C8H14N2O3.ClH/c9-6-3-1-2-4-10(8(6)13)5-7(11)12;/h6H,1-5,9H2,(H,11,12);1H. The quantitative estimate of drug-likeness (QED) is 0.680. The Balaban J connectivity index is 0.00000169. The summed E-state index contributed by atoms with van der Waals surface area (Å²) in [6, 6.07) is -0.512. The number of carbonyl (C=O) groups is 2. The summed E-state index contributed by atoms with van der Waals surface area (Å²) >= 11 is 0. The van der Waals surface area contributed by atoms with E-state index < -0.39 is 12.0 Å². The van der Waals surface area contributed by atoms with Gasteiger partial charge >= 0.3 is 5.97 Å². The molecular weight excluding hydrogens is 208 g/mol. The van der Waals surface area contributed by atoms with E-state index in [-0.39, 0.29) is 24.9 Å². The number of hydrogen-bond acceptors (Lipinski definition) is 3. The fourth-order valence-electron chi connectivity index (χ4n) is 1.46. The van der Waals surface area contributed by atoms with Crippen molar-refractivity contribution in [1.82, 2.24) is 4.90 Å². The van der Waals surface area contributed by atoms with Crippen LogP contribution in [0.15, 0.2) is 0 Å². The Bertz CT molecular complexity index is 223. The van der Waals surface area contributed by atoms with Crippen molar-refractivity contribution >= 4 is 24.3 Å². The van der Waals surface area contributed by atoms with Crippen LogP contribution in [0.3, 0.4) is 0 Å². The number of halogens is 1. The second-order valence-corrected chi connectivity index (χ2v) is 3.26. The van der Waals surface area contributed by atoms with Crippen molar-refractivity contribution in [3.05, 3.63) is 0 Å². The molecule has 1 amide bonds. The number of nitrogens with two attached hydrogens (primary N) is 1. The molecule has 0 aromatic heterocycles. The zero-order chi connectivity index (χ0) is 9.84. The second kappa shape index (κ2) is 5.82. The molecule has 14 heavy (non-hydrogen) atoms. The van der Waals surface area contributed by atoms with Gasteiger partial charge in [0.25, 0.3) is 0 Å². The van der Waals surface area contributed by atoms with Gasteiger partial charge in [-0.15, -0.1) is 12.4 Å². The molecule has 0 spiro atoms. The third kappa shape index (κ3) is 3.51. The third-order valence-corrected chi connectivity index (χ3v) is 2.15. The summed E-state index contributed by atoms with van der Waals surface area (Å²) in [5.74, 6) is -1.22. The largest absolute Gasteiger partial charge is 0.480 e. The van der Waals surface area contributed by atoms with Crippen LogP contribution in [-0.2, 0) is 9.59 Å². The molecular formula is C8H15ClN2O3. The number of carboxylic acids is 1. The highest BCUT2D eigenvalue weighted by Gasteiger charge is 2.24. The average molecular weight is 223 g/mol. The molecule has 6 heteroatoms. The lowest BCUT2D eigenvalue weighted by atomic mass is 10.1. The van der Waals surface area contributed by atoms with Gasteiger partial charge in [0.2, 0.25) is 5.91 Å². The summed E-state index contributed by atoms with van der Waals surface area (Å²) in [5, 5.41) is 8.53. The average Bonchev–Trinajstić information content (AvgIpc) is 2.19. The molecule has 1 fully saturated rings. The van der Waals surface area contributed by atoms with E-state index in [4.69, 9.17) is 10.8 Å². The molecule has 1 atom stereocenters. The molecule has 1 saturated heterocycles. The normalized spacial score (nSPS) is 22.5. The van der Waals surface area contributed by atoms with Gasteiger partial charge < -0.3 is 15.7 Å². The minimum Gasteiger partial charge on any atom is -0.480 e. The Labute approximate surface area is 88.7 Å². The number of aliphatic carboxylic acids is 1. The lowest BCUT2D eigenvalue weighted by molar-refractivity contribution is -0.144. The highest BCUT2D eigenvalue weighted by Crippen LogP contribution is 2.09. The monoisotopic (exact) mass is 222 g/mol. The van der Waals surface area contributed by atoms with E-state index in [1.807, 2.05) is 0 Å². The molecule has 3 N–H and O–H groups in total. The Morgan fingerprint density at radius 2 is 2.21 bits per heavy atom. The minimum absolute atomic E-state index is 0. The minimum atomic E-state index is -0.984. The molecule has 0 aromatic carbocycles. The van der Waals surface area contributed by atoms with Gasteiger partial charge in [-0.05, 0) is 19.3 Å². The summed E-state index contributed by atoms with van der Waals surface area (Å²) in [6.07, 6.45) is 2.39. The summed E-state index contributed by atoms with van der Waals surface area (Å²) in [7, 11) is 0. The topological polar surface area (TPSA) is 83.6 Å². The number of hydrogen-bond donors (Lipinski definition) is 2. The zero-order valence-electron chi connectivity index (χ0n) is 7.81. The molecule has 1 heterocycles. The molecule has 0 aliphatic carbocycles. The Hall–Kier alpha value is -0.810. The van der Waals surface area contributed by atoms with Gasteiger partial charge in [-0.25, -0.2) is 0 Å². The van der Waals surface area contributed by atoms with E-state index in [9.17, 15) is 9.59 Å². The van der Waals surface area contributed by atoms with Crippen LogP contribution in [0.4, 0.5) is 0 Å².